The van der Waals surface area contributed by atoms with Crippen LogP contribution in [-0.4, -0.2) is 15.8 Å². The van der Waals surface area contributed by atoms with Crippen molar-refractivity contribution in [2.24, 2.45) is 0 Å². The number of hydrogen-bond acceptors (Lipinski definition) is 6. The molecule has 0 aliphatic rings. The molecular formula is C10H8N2O6. The molecule has 0 aliphatic heterocycles. The number of nitro groups is 2. The molecule has 8 nitrogen and oxygen atoms in total. The van der Waals surface area contributed by atoms with Crippen LogP contribution < -0.4 is 4.74 Å². The topological polar surface area (TPSA) is 113 Å². The van der Waals surface area contributed by atoms with Crippen molar-refractivity contribution >= 4 is 17.3 Å². The minimum Gasteiger partial charge on any atom is -0.415 e. The molecule has 94 valence electrons. The maximum Gasteiger partial charge on any atom is 0.388 e. The largest absolute Gasteiger partial charge is 0.415 e. The second-order valence-corrected chi connectivity index (χ2v) is 3.31. The molecule has 0 unspecified atom stereocenters. The zero-order valence-electron chi connectivity index (χ0n) is 9.28. The van der Waals surface area contributed by atoms with Gasteiger partial charge in [-0.2, -0.15) is 0 Å². The number of nitrogens with zero attached hydrogens (tertiary/aromatic N) is 2. The van der Waals surface area contributed by atoms with Crippen LogP contribution in [0.15, 0.2) is 30.4 Å². The molecule has 1 aromatic rings. The summed E-state index contributed by atoms with van der Waals surface area (Å²) in [4.78, 5) is 30.8. The van der Waals surface area contributed by atoms with Crippen molar-refractivity contribution in [2.45, 2.75) is 6.92 Å². The van der Waals surface area contributed by atoms with Crippen molar-refractivity contribution in [3.63, 3.8) is 0 Å². The van der Waals surface area contributed by atoms with E-state index in [0.717, 1.165) is 12.1 Å². The van der Waals surface area contributed by atoms with Crippen LogP contribution in [-0.2, 0) is 4.79 Å². The number of para-hydroxylation sites is 1. The van der Waals surface area contributed by atoms with Gasteiger partial charge in [0.25, 0.3) is 0 Å². The van der Waals surface area contributed by atoms with Crippen molar-refractivity contribution in [3.8, 4) is 5.75 Å². The van der Waals surface area contributed by atoms with Crippen LogP contribution in [0.25, 0.3) is 0 Å². The molecule has 18 heavy (non-hydrogen) atoms. The van der Waals surface area contributed by atoms with E-state index in [4.69, 9.17) is 0 Å². The SMILES string of the molecule is C=C(C)C(=O)Oc1cccc([N+](=O)[O-])c1[N+](=O)[O-]. The Morgan fingerprint density at radius 1 is 1.28 bits per heavy atom. The molecule has 0 saturated carbocycles. The van der Waals surface area contributed by atoms with E-state index >= 15 is 0 Å². The van der Waals surface area contributed by atoms with Gasteiger partial charge < -0.3 is 4.74 Å². The number of nitro benzene ring substituents is 2. The normalized spacial score (nSPS) is 9.61. The smallest absolute Gasteiger partial charge is 0.388 e. The van der Waals surface area contributed by atoms with Crippen LogP contribution in [0, 0.1) is 20.2 Å². The molecule has 0 aliphatic carbocycles. The fourth-order valence-electron chi connectivity index (χ4n) is 1.11. The Bertz CT molecular complexity index is 551. The summed E-state index contributed by atoms with van der Waals surface area (Å²) in [5.74, 6) is -1.37. The summed E-state index contributed by atoms with van der Waals surface area (Å²) in [5.41, 5.74) is -1.58. The van der Waals surface area contributed by atoms with Gasteiger partial charge >= 0.3 is 17.3 Å². The fraction of sp³-hybridized carbons (Fsp3) is 0.100. The Hall–Kier alpha value is -2.77. The summed E-state index contributed by atoms with van der Waals surface area (Å²) in [6, 6.07) is 3.24. The quantitative estimate of drug-likeness (QED) is 0.266. The van der Waals surface area contributed by atoms with E-state index in [0.29, 0.717) is 0 Å². The first kappa shape index (κ1) is 13.3. The molecule has 0 saturated heterocycles. The molecule has 0 spiro atoms. The van der Waals surface area contributed by atoms with E-state index in [1.54, 1.807) is 0 Å². The third-order valence-corrected chi connectivity index (χ3v) is 1.91. The van der Waals surface area contributed by atoms with E-state index < -0.39 is 32.9 Å². The lowest BCUT2D eigenvalue weighted by molar-refractivity contribution is -0.423. The standard InChI is InChI=1S/C10H8N2O6/c1-6(2)10(13)18-8-5-3-4-7(11(14)15)9(8)12(16)17/h3-5H,1H2,2H3. The predicted molar refractivity (Wildman–Crippen MR) is 60.2 cm³/mol. The van der Waals surface area contributed by atoms with Crippen molar-refractivity contribution in [1.82, 2.24) is 0 Å². The minimum atomic E-state index is -0.973. The molecule has 0 N–H and O–H groups in total. The Morgan fingerprint density at radius 2 is 1.89 bits per heavy atom. The van der Waals surface area contributed by atoms with Crippen LogP contribution in [0.2, 0.25) is 0 Å². The first-order valence-electron chi connectivity index (χ1n) is 4.64. The summed E-state index contributed by atoms with van der Waals surface area (Å²) >= 11 is 0. The predicted octanol–water partition coefficient (Wildman–Crippen LogP) is 1.98. The maximum atomic E-state index is 11.3. The highest BCUT2D eigenvalue weighted by atomic mass is 16.6. The van der Waals surface area contributed by atoms with Crippen LogP contribution in [0.4, 0.5) is 11.4 Å². The van der Waals surface area contributed by atoms with E-state index in [1.165, 1.54) is 13.0 Å². The summed E-state index contributed by atoms with van der Waals surface area (Å²) < 4.78 is 4.67. The number of rotatable bonds is 4. The molecule has 1 rings (SSSR count). The van der Waals surface area contributed by atoms with E-state index in [1.807, 2.05) is 0 Å². The van der Waals surface area contributed by atoms with Gasteiger partial charge in [0.15, 0.2) is 0 Å². The number of carbonyl (C=O) groups is 1. The van der Waals surface area contributed by atoms with E-state index in [9.17, 15) is 25.0 Å². The first-order chi connectivity index (χ1) is 8.34. The van der Waals surface area contributed by atoms with Crippen molar-refractivity contribution < 1.29 is 19.4 Å². The summed E-state index contributed by atoms with van der Waals surface area (Å²) in [6.07, 6.45) is 0. The van der Waals surface area contributed by atoms with Gasteiger partial charge in [-0.05, 0) is 13.0 Å². The number of ether oxygens (including phenoxy) is 1. The molecular weight excluding hydrogens is 244 g/mol. The van der Waals surface area contributed by atoms with Crippen LogP contribution in [0.5, 0.6) is 5.75 Å². The van der Waals surface area contributed by atoms with Crippen molar-refractivity contribution in [1.29, 1.82) is 0 Å². The van der Waals surface area contributed by atoms with Gasteiger partial charge in [0.05, 0.1) is 9.85 Å². The molecule has 0 aromatic heterocycles. The molecule has 0 atom stereocenters. The van der Waals surface area contributed by atoms with Crippen molar-refractivity contribution in [3.05, 3.63) is 50.6 Å². The zero-order chi connectivity index (χ0) is 13.9. The summed E-state index contributed by atoms with van der Waals surface area (Å²) in [7, 11) is 0. The Balaban J connectivity index is 3.32. The third-order valence-electron chi connectivity index (χ3n) is 1.91. The van der Waals surface area contributed by atoms with Gasteiger partial charge in [-0.15, -0.1) is 0 Å². The molecule has 0 bridgehead atoms. The van der Waals surface area contributed by atoms with Gasteiger partial charge in [0, 0.05) is 11.6 Å². The zero-order valence-corrected chi connectivity index (χ0v) is 9.28. The van der Waals surface area contributed by atoms with Gasteiger partial charge in [-0.3, -0.25) is 20.2 Å². The van der Waals surface area contributed by atoms with Gasteiger partial charge in [0.1, 0.15) is 0 Å². The number of benzene rings is 1. The molecule has 0 heterocycles. The summed E-state index contributed by atoms with van der Waals surface area (Å²) in [5, 5.41) is 21.4. The van der Waals surface area contributed by atoms with Crippen LogP contribution in [0.1, 0.15) is 6.92 Å². The molecule has 0 amide bonds. The molecule has 8 heteroatoms. The summed E-state index contributed by atoms with van der Waals surface area (Å²) in [6.45, 7) is 4.66. The monoisotopic (exact) mass is 252 g/mol. The maximum absolute atomic E-state index is 11.3. The average molecular weight is 252 g/mol. The Labute approximate surface area is 101 Å². The number of carbonyl (C=O) groups excluding carboxylic acids is 1. The first-order valence-corrected chi connectivity index (χ1v) is 4.64. The highest BCUT2D eigenvalue weighted by Crippen LogP contribution is 2.36. The second kappa shape index (κ2) is 5.04. The number of esters is 1. The lowest BCUT2D eigenvalue weighted by Gasteiger charge is -2.04. The Morgan fingerprint density at radius 3 is 2.33 bits per heavy atom. The minimum absolute atomic E-state index is 0.0239. The lowest BCUT2D eigenvalue weighted by atomic mass is 10.2. The molecule has 0 fully saturated rings. The highest BCUT2D eigenvalue weighted by Gasteiger charge is 2.30. The van der Waals surface area contributed by atoms with E-state index in [-0.39, 0.29) is 5.57 Å². The van der Waals surface area contributed by atoms with Crippen molar-refractivity contribution in [2.75, 3.05) is 0 Å². The van der Waals surface area contributed by atoms with Gasteiger partial charge in [0.2, 0.25) is 5.75 Å². The van der Waals surface area contributed by atoms with Crippen LogP contribution >= 0.6 is 0 Å². The fourth-order valence-corrected chi connectivity index (χ4v) is 1.11. The number of hydrogen-bond donors (Lipinski definition) is 0. The van der Waals surface area contributed by atoms with Gasteiger partial charge in [-0.1, -0.05) is 12.6 Å². The third kappa shape index (κ3) is 2.67. The second-order valence-electron chi connectivity index (χ2n) is 3.31. The average Bonchev–Trinajstić information content (AvgIpc) is 2.27. The lowest BCUT2D eigenvalue weighted by Crippen LogP contribution is -2.10. The molecule has 0 radical (unpaired) electrons. The highest BCUT2D eigenvalue weighted by molar-refractivity contribution is 5.89. The van der Waals surface area contributed by atoms with Crippen LogP contribution in [0.3, 0.4) is 0 Å². The van der Waals surface area contributed by atoms with Gasteiger partial charge in [-0.25, -0.2) is 4.79 Å². The Kier molecular flexibility index (Phi) is 3.72. The van der Waals surface area contributed by atoms with E-state index in [2.05, 4.69) is 11.3 Å². The molecule has 1 aromatic carbocycles.